The quantitative estimate of drug-likeness (QED) is 0.782. The first kappa shape index (κ1) is 19.5. The van der Waals surface area contributed by atoms with Crippen molar-refractivity contribution in [2.45, 2.75) is 46.1 Å². The third kappa shape index (κ3) is 4.75. The van der Waals surface area contributed by atoms with Crippen LogP contribution >= 0.6 is 11.3 Å². The maximum absolute atomic E-state index is 12.5. The number of amides is 1. The summed E-state index contributed by atoms with van der Waals surface area (Å²) >= 11 is 1.29. The minimum Gasteiger partial charge on any atom is -0.451 e. The molecule has 2 aromatic rings. The zero-order valence-electron chi connectivity index (χ0n) is 16.0. The van der Waals surface area contributed by atoms with Crippen LogP contribution in [-0.4, -0.2) is 29.5 Å². The smallest absolute Gasteiger partial charge is 0.351 e. The Morgan fingerprint density at radius 3 is 2.70 bits per heavy atom. The number of esters is 1. The molecule has 1 aliphatic carbocycles. The Bertz CT molecular complexity index is 803. The van der Waals surface area contributed by atoms with Gasteiger partial charge in [0.05, 0.1) is 10.7 Å². The van der Waals surface area contributed by atoms with Gasteiger partial charge < -0.3 is 10.1 Å². The first-order valence-electron chi connectivity index (χ1n) is 9.45. The molecule has 1 aromatic heterocycles. The Labute approximate surface area is 164 Å². The standard InChI is InChI=1S/C21H26N2O3S/c1-13-8-7-11-17(14(13)2)23-18(24)12-26-21(25)20-19(22-15(3)27-20)16-9-5-4-6-10-16/h4-6,9-10,13-14,17H,7-8,11-12H2,1-3H3,(H,23,24)/t13-,14-,17-/m1/s1. The highest BCUT2D eigenvalue weighted by molar-refractivity contribution is 7.14. The maximum Gasteiger partial charge on any atom is 0.351 e. The Hall–Kier alpha value is -2.21. The fourth-order valence-corrected chi connectivity index (χ4v) is 4.42. The van der Waals surface area contributed by atoms with Gasteiger partial charge in [0.25, 0.3) is 5.91 Å². The van der Waals surface area contributed by atoms with Crippen molar-refractivity contribution < 1.29 is 14.3 Å². The van der Waals surface area contributed by atoms with Gasteiger partial charge in [-0.3, -0.25) is 4.79 Å². The fourth-order valence-electron chi connectivity index (χ4n) is 3.59. The molecular formula is C21H26N2O3S. The number of nitrogens with one attached hydrogen (secondary N) is 1. The van der Waals surface area contributed by atoms with Crippen LogP contribution in [0.25, 0.3) is 11.3 Å². The lowest BCUT2D eigenvalue weighted by molar-refractivity contribution is -0.125. The molecule has 0 aliphatic heterocycles. The van der Waals surface area contributed by atoms with Gasteiger partial charge in [0.2, 0.25) is 0 Å². The number of nitrogens with zero attached hydrogens (tertiary/aromatic N) is 1. The summed E-state index contributed by atoms with van der Waals surface area (Å²) in [6, 6.07) is 9.69. The average Bonchev–Trinajstić information content (AvgIpc) is 3.06. The predicted octanol–water partition coefficient (Wildman–Crippen LogP) is 4.22. The SMILES string of the molecule is Cc1nc(-c2ccccc2)c(C(=O)OCC(=O)N[C@@H]2CCC[C@@H](C)[C@H]2C)s1. The predicted molar refractivity (Wildman–Crippen MR) is 107 cm³/mol. The van der Waals surface area contributed by atoms with Crippen LogP contribution in [0.3, 0.4) is 0 Å². The number of hydrogen-bond acceptors (Lipinski definition) is 5. The van der Waals surface area contributed by atoms with Crippen molar-refractivity contribution in [3.05, 3.63) is 40.2 Å². The van der Waals surface area contributed by atoms with Crippen LogP contribution in [0, 0.1) is 18.8 Å². The van der Waals surface area contributed by atoms with Crippen LogP contribution in [-0.2, 0) is 9.53 Å². The maximum atomic E-state index is 12.5. The second-order valence-electron chi connectivity index (χ2n) is 7.29. The van der Waals surface area contributed by atoms with Crippen molar-refractivity contribution in [3.8, 4) is 11.3 Å². The third-order valence-electron chi connectivity index (χ3n) is 5.35. The van der Waals surface area contributed by atoms with E-state index < -0.39 is 5.97 Å². The summed E-state index contributed by atoms with van der Waals surface area (Å²) in [6.07, 6.45) is 3.31. The summed E-state index contributed by atoms with van der Waals surface area (Å²) in [5.74, 6) is 0.295. The molecule has 1 fully saturated rings. The summed E-state index contributed by atoms with van der Waals surface area (Å²) in [4.78, 5) is 29.7. The molecule has 0 saturated heterocycles. The van der Waals surface area contributed by atoms with Crippen LogP contribution in [0.2, 0.25) is 0 Å². The van der Waals surface area contributed by atoms with Crippen LogP contribution in [0.1, 0.15) is 47.8 Å². The van der Waals surface area contributed by atoms with Crippen molar-refractivity contribution in [3.63, 3.8) is 0 Å². The lowest BCUT2D eigenvalue weighted by Crippen LogP contribution is -2.45. The van der Waals surface area contributed by atoms with E-state index in [4.69, 9.17) is 4.74 Å². The third-order valence-corrected chi connectivity index (χ3v) is 6.31. The number of aromatic nitrogens is 1. The molecule has 0 spiro atoms. The van der Waals surface area contributed by atoms with E-state index in [1.165, 1.54) is 17.8 Å². The first-order chi connectivity index (χ1) is 13.0. The van der Waals surface area contributed by atoms with E-state index in [9.17, 15) is 9.59 Å². The number of ether oxygens (including phenoxy) is 1. The molecule has 0 unspecified atom stereocenters. The number of aryl methyl sites for hydroxylation is 1. The van der Waals surface area contributed by atoms with Gasteiger partial charge in [0.1, 0.15) is 4.88 Å². The van der Waals surface area contributed by atoms with Gasteiger partial charge in [-0.25, -0.2) is 9.78 Å². The second kappa shape index (κ2) is 8.65. The molecule has 1 aromatic carbocycles. The van der Waals surface area contributed by atoms with Crippen LogP contribution in [0.4, 0.5) is 0 Å². The van der Waals surface area contributed by atoms with Crippen LogP contribution in [0.15, 0.2) is 30.3 Å². The summed E-state index contributed by atoms with van der Waals surface area (Å²) < 4.78 is 5.29. The highest BCUT2D eigenvalue weighted by Gasteiger charge is 2.28. The molecule has 3 rings (SSSR count). The second-order valence-corrected chi connectivity index (χ2v) is 8.50. The van der Waals surface area contributed by atoms with Gasteiger partial charge in [-0.1, -0.05) is 57.0 Å². The van der Waals surface area contributed by atoms with Crippen LogP contribution < -0.4 is 5.32 Å². The molecule has 0 bridgehead atoms. The van der Waals surface area contributed by atoms with E-state index in [0.717, 1.165) is 23.4 Å². The number of carbonyl (C=O) groups excluding carboxylic acids is 2. The molecular weight excluding hydrogens is 360 g/mol. The van der Waals surface area contributed by atoms with E-state index in [1.807, 2.05) is 37.3 Å². The number of rotatable bonds is 5. The van der Waals surface area contributed by atoms with Gasteiger partial charge in [-0.2, -0.15) is 0 Å². The fraction of sp³-hybridized carbons (Fsp3) is 0.476. The highest BCUT2D eigenvalue weighted by Crippen LogP contribution is 2.30. The van der Waals surface area contributed by atoms with Crippen molar-refractivity contribution in [1.29, 1.82) is 0 Å². The molecule has 5 nitrogen and oxygen atoms in total. The zero-order chi connectivity index (χ0) is 19.4. The van der Waals surface area contributed by atoms with Gasteiger partial charge in [-0.15, -0.1) is 11.3 Å². The number of hydrogen-bond donors (Lipinski definition) is 1. The number of thiazole rings is 1. The Balaban J connectivity index is 1.61. The average molecular weight is 387 g/mol. The van der Waals surface area contributed by atoms with Crippen molar-refractivity contribution >= 4 is 23.2 Å². The van der Waals surface area contributed by atoms with Gasteiger partial charge in [0, 0.05) is 11.6 Å². The minimum absolute atomic E-state index is 0.158. The van der Waals surface area contributed by atoms with Gasteiger partial charge in [-0.05, 0) is 25.2 Å². The molecule has 1 aliphatic rings. The normalized spacial score (nSPS) is 22.3. The van der Waals surface area contributed by atoms with Crippen molar-refractivity contribution in [1.82, 2.24) is 10.3 Å². The van der Waals surface area contributed by atoms with Crippen molar-refractivity contribution in [2.75, 3.05) is 6.61 Å². The van der Waals surface area contributed by atoms with Crippen LogP contribution in [0.5, 0.6) is 0 Å². The number of benzene rings is 1. The van der Waals surface area contributed by atoms with E-state index in [-0.39, 0.29) is 18.6 Å². The van der Waals surface area contributed by atoms with Gasteiger partial charge in [0.15, 0.2) is 6.61 Å². The number of carbonyl (C=O) groups is 2. The summed E-state index contributed by atoms with van der Waals surface area (Å²) in [7, 11) is 0. The molecule has 27 heavy (non-hydrogen) atoms. The summed E-state index contributed by atoms with van der Waals surface area (Å²) in [5.41, 5.74) is 1.47. The lowest BCUT2D eigenvalue weighted by atomic mass is 9.78. The monoisotopic (exact) mass is 386 g/mol. The molecule has 0 radical (unpaired) electrons. The molecule has 3 atom stereocenters. The molecule has 1 heterocycles. The Morgan fingerprint density at radius 1 is 1.22 bits per heavy atom. The molecule has 1 N–H and O–H groups in total. The first-order valence-corrected chi connectivity index (χ1v) is 10.3. The minimum atomic E-state index is -0.500. The molecule has 1 amide bonds. The van der Waals surface area contributed by atoms with E-state index in [1.54, 1.807) is 0 Å². The zero-order valence-corrected chi connectivity index (χ0v) is 16.8. The topological polar surface area (TPSA) is 68.3 Å². The molecule has 6 heteroatoms. The molecule has 1 saturated carbocycles. The van der Waals surface area contributed by atoms with E-state index in [2.05, 4.69) is 24.1 Å². The lowest BCUT2D eigenvalue weighted by Gasteiger charge is -2.34. The van der Waals surface area contributed by atoms with Gasteiger partial charge >= 0.3 is 5.97 Å². The Kier molecular flexibility index (Phi) is 6.26. The molecule has 144 valence electrons. The highest BCUT2D eigenvalue weighted by atomic mass is 32.1. The van der Waals surface area contributed by atoms with Crippen molar-refractivity contribution in [2.24, 2.45) is 11.8 Å². The summed E-state index contributed by atoms with van der Waals surface area (Å²) in [5, 5.41) is 3.82. The summed E-state index contributed by atoms with van der Waals surface area (Å²) in [6.45, 7) is 5.99. The largest absolute Gasteiger partial charge is 0.451 e. The van der Waals surface area contributed by atoms with E-state index >= 15 is 0 Å². The van der Waals surface area contributed by atoms with E-state index in [0.29, 0.717) is 22.4 Å². The Morgan fingerprint density at radius 2 is 1.96 bits per heavy atom.